The van der Waals surface area contributed by atoms with Gasteiger partial charge in [-0.05, 0) is 6.42 Å². The first-order chi connectivity index (χ1) is 22.4. The van der Waals surface area contributed by atoms with Crippen molar-refractivity contribution in [2.75, 3.05) is 125 Å². The van der Waals surface area contributed by atoms with Gasteiger partial charge in [0, 0.05) is 25.4 Å². The van der Waals surface area contributed by atoms with Crippen LogP contribution in [0.1, 0.15) is 46.5 Å². The summed E-state index contributed by atoms with van der Waals surface area (Å²) in [4.78, 5) is 34.4. The Bertz CT molecular complexity index is 716. The molecule has 272 valence electrons. The number of hydrogen-bond acceptors (Lipinski definition) is 13. The molecule has 1 amide bonds. The lowest BCUT2D eigenvalue weighted by Gasteiger charge is -2.19. The Morgan fingerprint density at radius 3 is 1.22 bits per heavy atom. The van der Waals surface area contributed by atoms with E-state index in [0.29, 0.717) is 138 Å². The van der Waals surface area contributed by atoms with Crippen molar-refractivity contribution in [3.05, 3.63) is 0 Å². The molecule has 0 saturated heterocycles. The van der Waals surface area contributed by atoms with Crippen LogP contribution >= 0.6 is 0 Å². The van der Waals surface area contributed by atoms with Crippen LogP contribution in [-0.4, -0.2) is 160 Å². The number of carboxylic acid groups (broad SMARTS) is 1. The molecule has 0 aromatic rings. The Morgan fingerprint density at radius 1 is 0.543 bits per heavy atom. The number of amides is 1. The maximum absolute atomic E-state index is 12.0. The van der Waals surface area contributed by atoms with E-state index < -0.39 is 5.97 Å². The zero-order valence-corrected chi connectivity index (χ0v) is 28.3. The van der Waals surface area contributed by atoms with Gasteiger partial charge in [0.2, 0.25) is 5.91 Å². The summed E-state index contributed by atoms with van der Waals surface area (Å²) in [6.07, 6.45) is 1.23. The number of ether oxygens (including phenoxy) is 9. The van der Waals surface area contributed by atoms with Crippen molar-refractivity contribution in [1.82, 2.24) is 10.6 Å². The van der Waals surface area contributed by atoms with Crippen LogP contribution in [0.3, 0.4) is 0 Å². The average molecular weight is 669 g/mol. The fourth-order valence-corrected chi connectivity index (χ4v) is 3.63. The fourth-order valence-electron chi connectivity index (χ4n) is 3.63. The molecule has 15 heteroatoms. The van der Waals surface area contributed by atoms with E-state index in [2.05, 4.69) is 10.6 Å². The summed E-state index contributed by atoms with van der Waals surface area (Å²) in [5.74, 6) is -0.842. The van der Waals surface area contributed by atoms with Gasteiger partial charge in [0.15, 0.2) is 0 Å². The third-order valence-electron chi connectivity index (χ3n) is 5.94. The minimum atomic E-state index is -0.879. The highest BCUT2D eigenvalue weighted by atomic mass is 16.6. The molecule has 46 heavy (non-hydrogen) atoms. The summed E-state index contributed by atoms with van der Waals surface area (Å²) in [6.45, 7) is 14.0. The van der Waals surface area contributed by atoms with E-state index >= 15 is 0 Å². The van der Waals surface area contributed by atoms with Crippen molar-refractivity contribution in [3.63, 3.8) is 0 Å². The number of Topliss-reactive ketones (excluding diaryl/α,β-unsaturated/α-hetero) is 1. The molecule has 0 aliphatic carbocycles. The maximum atomic E-state index is 12.0. The van der Waals surface area contributed by atoms with Gasteiger partial charge in [-0.15, -0.1) is 0 Å². The number of rotatable bonds is 37. The molecular formula is C31H60N2O13. The average Bonchev–Trinajstić information content (AvgIpc) is 3.03. The molecule has 0 aliphatic rings. The molecule has 0 radical (unpaired) electrons. The van der Waals surface area contributed by atoms with Crippen molar-refractivity contribution in [1.29, 1.82) is 0 Å². The lowest BCUT2D eigenvalue weighted by Crippen LogP contribution is -2.41. The van der Waals surface area contributed by atoms with Crippen LogP contribution in [0, 0.1) is 0 Å². The molecule has 0 bridgehead atoms. The Hall–Kier alpha value is -1.79. The molecule has 0 heterocycles. The lowest BCUT2D eigenvalue weighted by molar-refractivity contribution is -0.138. The van der Waals surface area contributed by atoms with Gasteiger partial charge in [0.25, 0.3) is 0 Å². The van der Waals surface area contributed by atoms with Gasteiger partial charge in [0.1, 0.15) is 5.78 Å². The van der Waals surface area contributed by atoms with E-state index in [4.69, 9.17) is 47.7 Å². The highest BCUT2D eigenvalue weighted by Crippen LogP contribution is 2.03. The number of carboxylic acids is 1. The number of aliphatic carboxylic acids is 1. The van der Waals surface area contributed by atoms with E-state index in [0.717, 1.165) is 0 Å². The maximum Gasteiger partial charge on any atom is 0.305 e. The van der Waals surface area contributed by atoms with Crippen molar-refractivity contribution < 1.29 is 62.1 Å². The van der Waals surface area contributed by atoms with E-state index in [1.54, 1.807) is 0 Å². The minimum Gasteiger partial charge on any atom is -0.481 e. The van der Waals surface area contributed by atoms with E-state index in [-0.39, 0.29) is 36.8 Å². The normalized spacial score (nSPS) is 12.1. The quantitative estimate of drug-likeness (QED) is 0.0794. The van der Waals surface area contributed by atoms with E-state index in [1.807, 2.05) is 20.8 Å². The first-order valence-corrected chi connectivity index (χ1v) is 16.3. The number of hydrogen-bond donors (Lipinski definition) is 3. The van der Waals surface area contributed by atoms with Gasteiger partial charge >= 0.3 is 5.97 Å². The first kappa shape index (κ1) is 44.2. The van der Waals surface area contributed by atoms with Crippen LogP contribution in [0.4, 0.5) is 0 Å². The predicted molar refractivity (Wildman–Crippen MR) is 169 cm³/mol. The largest absolute Gasteiger partial charge is 0.481 e. The monoisotopic (exact) mass is 668 g/mol. The van der Waals surface area contributed by atoms with Gasteiger partial charge in [0.05, 0.1) is 131 Å². The Morgan fingerprint density at radius 2 is 0.891 bits per heavy atom. The van der Waals surface area contributed by atoms with Gasteiger partial charge < -0.3 is 58.4 Å². The molecule has 0 aromatic heterocycles. The molecule has 0 fully saturated rings. The molecule has 3 N–H and O–H groups in total. The Labute approximate surface area is 274 Å². The number of nitrogens with one attached hydrogen (secondary N) is 2. The summed E-state index contributed by atoms with van der Waals surface area (Å²) in [7, 11) is 0. The summed E-state index contributed by atoms with van der Waals surface area (Å²) in [5, 5.41) is 14.5. The van der Waals surface area contributed by atoms with Crippen LogP contribution in [-0.2, 0) is 57.0 Å². The van der Waals surface area contributed by atoms with Gasteiger partial charge in [-0.1, -0.05) is 20.8 Å². The molecule has 0 spiro atoms. The minimum absolute atomic E-state index is 0.00762. The molecule has 1 atom stereocenters. The molecule has 0 aliphatic heterocycles. The zero-order chi connectivity index (χ0) is 33.9. The first-order valence-electron chi connectivity index (χ1n) is 16.3. The standard InChI is InChI=1S/C31H60N2O13/c1-4-29(34)28(33-27(2)3)5-6-30(35)32-8-10-39-12-14-41-16-18-43-20-22-45-24-26-46-25-23-44-21-19-42-17-15-40-13-11-38-9-7-31(36)37/h27-28,33H,4-26H2,1-3H3,(H,32,35)(H,36,37)/t28-/m1/s1. The van der Waals surface area contributed by atoms with Gasteiger partial charge in [-0.2, -0.15) is 0 Å². The van der Waals surface area contributed by atoms with Crippen molar-refractivity contribution >= 4 is 17.7 Å². The summed E-state index contributed by atoms with van der Waals surface area (Å²) in [5.41, 5.74) is 0. The molecule has 15 nitrogen and oxygen atoms in total. The second-order valence-electron chi connectivity index (χ2n) is 10.2. The van der Waals surface area contributed by atoms with Crippen LogP contribution < -0.4 is 10.6 Å². The smallest absolute Gasteiger partial charge is 0.305 e. The van der Waals surface area contributed by atoms with E-state index in [1.165, 1.54) is 0 Å². The summed E-state index contributed by atoms with van der Waals surface area (Å²) >= 11 is 0. The second-order valence-corrected chi connectivity index (χ2v) is 10.2. The Balaban J connectivity index is 3.25. The second kappa shape index (κ2) is 34.5. The SMILES string of the molecule is CCC(=O)[C@@H](CCC(=O)NCCOCCOCCOCCOCCOCCOCCOCCOCCOCCC(=O)O)NC(C)C. The third kappa shape index (κ3) is 33.6. The van der Waals surface area contributed by atoms with Crippen LogP contribution in [0.15, 0.2) is 0 Å². The molecule has 0 aromatic carbocycles. The molecular weight excluding hydrogens is 608 g/mol. The highest BCUT2D eigenvalue weighted by Gasteiger charge is 2.18. The van der Waals surface area contributed by atoms with Crippen LogP contribution in [0.2, 0.25) is 0 Å². The van der Waals surface area contributed by atoms with Crippen molar-refractivity contribution in [3.8, 4) is 0 Å². The fraction of sp³-hybridized carbons (Fsp3) is 0.903. The van der Waals surface area contributed by atoms with E-state index in [9.17, 15) is 14.4 Å². The summed E-state index contributed by atoms with van der Waals surface area (Å²) < 4.78 is 48.5. The lowest BCUT2D eigenvalue weighted by atomic mass is 10.0. The summed E-state index contributed by atoms with van der Waals surface area (Å²) in [6, 6.07) is -0.0978. The topological polar surface area (TPSA) is 179 Å². The van der Waals surface area contributed by atoms with Crippen molar-refractivity contribution in [2.45, 2.75) is 58.5 Å². The molecule has 0 saturated carbocycles. The molecule has 0 rings (SSSR count). The number of carbonyl (C=O) groups is 3. The Kier molecular flexibility index (Phi) is 33.2. The third-order valence-corrected chi connectivity index (χ3v) is 5.94. The van der Waals surface area contributed by atoms with Gasteiger partial charge in [-0.3, -0.25) is 14.4 Å². The highest BCUT2D eigenvalue weighted by molar-refractivity contribution is 5.84. The predicted octanol–water partition coefficient (Wildman–Crippen LogP) is 0.853. The zero-order valence-electron chi connectivity index (χ0n) is 28.3. The molecule has 0 unspecified atom stereocenters. The van der Waals surface area contributed by atoms with Crippen LogP contribution in [0.5, 0.6) is 0 Å². The van der Waals surface area contributed by atoms with Crippen molar-refractivity contribution in [2.24, 2.45) is 0 Å². The van der Waals surface area contributed by atoms with Crippen LogP contribution in [0.25, 0.3) is 0 Å². The number of carbonyl (C=O) groups excluding carboxylic acids is 2. The van der Waals surface area contributed by atoms with Gasteiger partial charge in [-0.25, -0.2) is 0 Å². The number of ketones is 1.